The zero-order valence-corrected chi connectivity index (χ0v) is 13.3. The summed E-state index contributed by atoms with van der Waals surface area (Å²) >= 11 is 11.9. The Hall–Kier alpha value is -0.580. The summed E-state index contributed by atoms with van der Waals surface area (Å²) in [5.41, 5.74) is 1.05. The van der Waals surface area contributed by atoms with E-state index in [0.29, 0.717) is 11.2 Å². The molecule has 0 N–H and O–H groups in total. The second kappa shape index (κ2) is 5.43. The molecule has 0 bridgehead atoms. The second-order valence-corrected chi connectivity index (χ2v) is 6.67. The van der Waals surface area contributed by atoms with Gasteiger partial charge in [-0.25, -0.2) is 9.97 Å². The third kappa shape index (κ3) is 3.30. The normalized spacial score (nSPS) is 21.8. The maximum absolute atomic E-state index is 6.15. The number of aromatic nitrogens is 2. The molecule has 1 aliphatic rings. The van der Waals surface area contributed by atoms with Crippen molar-refractivity contribution in [2.45, 2.75) is 39.3 Å². The van der Waals surface area contributed by atoms with Gasteiger partial charge < -0.3 is 4.90 Å². The molecule has 2 heterocycles. The Balaban J connectivity index is 2.14. The Morgan fingerprint density at radius 2 is 1.95 bits per heavy atom. The molecular formula is C13H20Cl2N4. The van der Waals surface area contributed by atoms with E-state index >= 15 is 0 Å². The van der Waals surface area contributed by atoms with Gasteiger partial charge in [-0.05, 0) is 39.3 Å². The van der Waals surface area contributed by atoms with Gasteiger partial charge >= 0.3 is 0 Å². The van der Waals surface area contributed by atoms with Crippen LogP contribution in [0.5, 0.6) is 0 Å². The van der Waals surface area contributed by atoms with E-state index in [-0.39, 0.29) is 10.8 Å². The van der Waals surface area contributed by atoms with E-state index in [1.165, 1.54) is 0 Å². The highest BCUT2D eigenvalue weighted by Crippen LogP contribution is 2.28. The van der Waals surface area contributed by atoms with Gasteiger partial charge in [-0.1, -0.05) is 11.6 Å². The third-order valence-corrected chi connectivity index (χ3v) is 3.99. The van der Waals surface area contributed by atoms with Gasteiger partial charge in [-0.15, -0.1) is 0 Å². The monoisotopic (exact) mass is 302 g/mol. The molecule has 1 atom stereocenters. The predicted octanol–water partition coefficient (Wildman–Crippen LogP) is 3.09. The van der Waals surface area contributed by atoms with E-state index < -0.39 is 0 Å². The first-order valence-electron chi connectivity index (χ1n) is 6.49. The van der Waals surface area contributed by atoms with Crippen LogP contribution in [0.15, 0.2) is 6.20 Å². The Labute approximate surface area is 124 Å². The van der Waals surface area contributed by atoms with Crippen LogP contribution in [-0.4, -0.2) is 46.1 Å². The van der Waals surface area contributed by atoms with Crippen molar-refractivity contribution in [2.75, 3.05) is 24.5 Å². The molecule has 1 aromatic heterocycles. The van der Waals surface area contributed by atoms with Crippen LogP contribution < -0.4 is 4.90 Å². The summed E-state index contributed by atoms with van der Waals surface area (Å²) < 4.78 is 0. The smallest absolute Gasteiger partial charge is 0.223 e. The summed E-state index contributed by atoms with van der Waals surface area (Å²) in [6.07, 6.45) is 1.71. The Kier molecular flexibility index (Phi) is 4.23. The van der Waals surface area contributed by atoms with Crippen molar-refractivity contribution in [1.29, 1.82) is 0 Å². The minimum atomic E-state index is 0.186. The van der Waals surface area contributed by atoms with Crippen LogP contribution in [-0.2, 0) is 0 Å². The lowest BCUT2D eigenvalue weighted by Crippen LogP contribution is -2.58. The molecule has 0 radical (unpaired) electrons. The van der Waals surface area contributed by atoms with E-state index in [2.05, 4.69) is 47.5 Å². The third-order valence-electron chi connectivity index (χ3n) is 3.52. The lowest BCUT2D eigenvalue weighted by molar-refractivity contribution is 0.0799. The van der Waals surface area contributed by atoms with Crippen molar-refractivity contribution in [1.82, 2.24) is 14.9 Å². The van der Waals surface area contributed by atoms with E-state index in [0.717, 1.165) is 25.3 Å². The molecule has 0 saturated carbocycles. The van der Waals surface area contributed by atoms with Crippen LogP contribution in [0.1, 0.15) is 27.7 Å². The van der Waals surface area contributed by atoms with Gasteiger partial charge in [0.2, 0.25) is 5.28 Å². The highest BCUT2D eigenvalue weighted by atomic mass is 35.5. The van der Waals surface area contributed by atoms with Crippen molar-refractivity contribution in [2.24, 2.45) is 0 Å². The van der Waals surface area contributed by atoms with Crippen LogP contribution >= 0.6 is 23.2 Å². The average Bonchev–Trinajstić information content (AvgIpc) is 2.26. The van der Waals surface area contributed by atoms with Crippen molar-refractivity contribution >= 4 is 28.9 Å². The minimum absolute atomic E-state index is 0.186. The summed E-state index contributed by atoms with van der Waals surface area (Å²) in [4.78, 5) is 12.8. The summed E-state index contributed by atoms with van der Waals surface area (Å²) in [5, 5.41) is 0.617. The molecule has 0 unspecified atom stereocenters. The predicted molar refractivity (Wildman–Crippen MR) is 80.2 cm³/mol. The fraction of sp³-hybridized carbons (Fsp3) is 0.692. The molecule has 0 aliphatic carbocycles. The first-order valence-corrected chi connectivity index (χ1v) is 7.24. The number of rotatable bonds is 1. The summed E-state index contributed by atoms with van der Waals surface area (Å²) in [6.45, 7) is 11.8. The molecule has 0 spiro atoms. The number of halogens is 2. The lowest BCUT2D eigenvalue weighted by Gasteiger charge is -2.47. The molecule has 4 nitrogen and oxygen atoms in total. The van der Waals surface area contributed by atoms with E-state index in [1.807, 2.05) is 0 Å². The van der Waals surface area contributed by atoms with Crippen molar-refractivity contribution < 1.29 is 0 Å². The first kappa shape index (κ1) is 14.8. The Bertz CT molecular complexity index is 458. The molecular weight excluding hydrogens is 283 g/mol. The van der Waals surface area contributed by atoms with E-state index in [9.17, 15) is 0 Å². The number of piperazine rings is 1. The molecule has 19 heavy (non-hydrogen) atoms. The highest BCUT2D eigenvalue weighted by Gasteiger charge is 2.32. The molecule has 0 aromatic carbocycles. The number of hydrogen-bond donors (Lipinski definition) is 0. The number of anilines is 1. The van der Waals surface area contributed by atoms with Crippen LogP contribution in [0.4, 0.5) is 5.69 Å². The van der Waals surface area contributed by atoms with Crippen molar-refractivity contribution in [3.63, 3.8) is 0 Å². The molecule has 1 saturated heterocycles. The molecule has 1 aliphatic heterocycles. The maximum Gasteiger partial charge on any atom is 0.223 e. The minimum Gasteiger partial charge on any atom is -0.365 e. The van der Waals surface area contributed by atoms with Gasteiger partial charge in [-0.2, -0.15) is 0 Å². The zero-order valence-electron chi connectivity index (χ0n) is 11.8. The van der Waals surface area contributed by atoms with Crippen LogP contribution in [0.2, 0.25) is 10.4 Å². The van der Waals surface area contributed by atoms with Crippen LogP contribution in [0.3, 0.4) is 0 Å². The summed E-state index contributed by atoms with van der Waals surface area (Å²) in [6, 6.07) is 0.459. The van der Waals surface area contributed by atoms with Gasteiger partial charge in [0.05, 0.1) is 11.9 Å². The average molecular weight is 303 g/mol. The fourth-order valence-electron chi connectivity index (χ4n) is 2.72. The molecule has 1 aromatic rings. The van der Waals surface area contributed by atoms with Gasteiger partial charge in [-0.3, -0.25) is 4.90 Å². The maximum atomic E-state index is 6.15. The standard InChI is InChI=1S/C13H20Cl2N4/c1-9-8-18(5-6-19(9)13(2,3)4)10-7-16-12(15)17-11(10)14/h7,9H,5-6,8H2,1-4H3/t9-/m1/s1. The van der Waals surface area contributed by atoms with Crippen LogP contribution in [0, 0.1) is 0 Å². The van der Waals surface area contributed by atoms with Crippen molar-refractivity contribution in [3.8, 4) is 0 Å². The van der Waals surface area contributed by atoms with Gasteiger partial charge in [0.15, 0.2) is 5.15 Å². The molecule has 106 valence electrons. The quantitative estimate of drug-likeness (QED) is 0.589. The highest BCUT2D eigenvalue weighted by molar-refractivity contribution is 6.33. The second-order valence-electron chi connectivity index (χ2n) is 5.97. The fourth-order valence-corrected chi connectivity index (χ4v) is 3.14. The van der Waals surface area contributed by atoms with Gasteiger partial charge in [0.25, 0.3) is 0 Å². The molecule has 1 fully saturated rings. The SMILES string of the molecule is C[C@@H]1CN(c2cnc(Cl)nc2Cl)CCN1C(C)(C)C. The van der Waals surface area contributed by atoms with E-state index in [4.69, 9.17) is 23.2 Å². The number of nitrogens with zero attached hydrogens (tertiary/aromatic N) is 4. The molecule has 2 rings (SSSR count). The first-order chi connectivity index (χ1) is 8.79. The lowest BCUT2D eigenvalue weighted by atomic mass is 10.0. The Morgan fingerprint density at radius 3 is 2.47 bits per heavy atom. The number of hydrogen-bond acceptors (Lipinski definition) is 4. The topological polar surface area (TPSA) is 32.3 Å². The molecule has 0 amide bonds. The van der Waals surface area contributed by atoms with Gasteiger partial charge in [0.1, 0.15) is 0 Å². The van der Waals surface area contributed by atoms with E-state index in [1.54, 1.807) is 6.20 Å². The largest absolute Gasteiger partial charge is 0.365 e. The van der Waals surface area contributed by atoms with Crippen LogP contribution in [0.25, 0.3) is 0 Å². The zero-order chi connectivity index (χ0) is 14.2. The van der Waals surface area contributed by atoms with Gasteiger partial charge in [0, 0.05) is 31.2 Å². The molecule has 6 heteroatoms. The summed E-state index contributed by atoms with van der Waals surface area (Å²) in [5.74, 6) is 0. The summed E-state index contributed by atoms with van der Waals surface area (Å²) in [7, 11) is 0. The van der Waals surface area contributed by atoms with Crippen molar-refractivity contribution in [3.05, 3.63) is 16.6 Å². The Morgan fingerprint density at radius 1 is 1.26 bits per heavy atom.